The third-order valence-corrected chi connectivity index (χ3v) is 2.73. The number of hydrogen-bond acceptors (Lipinski definition) is 2. The van der Waals surface area contributed by atoms with Crippen LogP contribution in [0.4, 0.5) is 0 Å². The maximum atomic E-state index is 10.9. The van der Waals surface area contributed by atoms with Crippen LogP contribution in [0.15, 0.2) is 4.99 Å². The number of nitrogens with two attached hydrogens (primary N) is 1. The highest BCUT2D eigenvalue weighted by Crippen LogP contribution is 1.92. The Labute approximate surface area is 76.1 Å². The minimum atomic E-state index is -0.821. The van der Waals surface area contributed by atoms with Gasteiger partial charge in [-0.05, 0) is 13.8 Å². The molecular formula is C7H17N3OS. The average molecular weight is 191 g/mol. The molecule has 3 N–H and O–H groups in total. The van der Waals surface area contributed by atoms with E-state index in [9.17, 15) is 4.21 Å². The molecule has 72 valence electrons. The summed E-state index contributed by atoms with van der Waals surface area (Å²) in [6, 6.07) is 0. The van der Waals surface area contributed by atoms with Crippen LogP contribution >= 0.6 is 0 Å². The molecule has 0 aromatic rings. The predicted molar refractivity (Wildman–Crippen MR) is 53.7 cm³/mol. The average Bonchev–Trinajstić information content (AvgIpc) is 2.00. The summed E-state index contributed by atoms with van der Waals surface area (Å²) in [4.78, 5) is 4.03. The minimum Gasteiger partial charge on any atom is -0.370 e. The summed E-state index contributed by atoms with van der Waals surface area (Å²) in [6.45, 7) is 5.11. The van der Waals surface area contributed by atoms with Crippen molar-refractivity contribution < 1.29 is 4.21 Å². The Balaban J connectivity index is 3.78. The number of rotatable bonds is 4. The fourth-order valence-electron chi connectivity index (χ4n) is 0.569. The Morgan fingerprint density at radius 1 is 1.75 bits per heavy atom. The van der Waals surface area contributed by atoms with Crippen molar-refractivity contribution in [3.8, 4) is 0 Å². The molecule has 0 rings (SSSR count). The standard InChI is InChI=1S/C7H17N3OS/c1-4-9-7(8)10-5-6(2)12(3)11/h6H,4-5H2,1-3H3,(H3,8,9,10). The Morgan fingerprint density at radius 2 is 2.33 bits per heavy atom. The monoisotopic (exact) mass is 191 g/mol. The predicted octanol–water partition coefficient (Wildman–Crippen LogP) is -0.322. The van der Waals surface area contributed by atoms with Gasteiger partial charge in [0, 0.05) is 23.6 Å². The molecule has 0 aromatic heterocycles. The molecule has 2 unspecified atom stereocenters. The molecule has 0 bridgehead atoms. The van der Waals surface area contributed by atoms with Crippen molar-refractivity contribution in [2.24, 2.45) is 10.7 Å². The van der Waals surface area contributed by atoms with Crippen molar-refractivity contribution >= 4 is 16.8 Å². The van der Waals surface area contributed by atoms with Gasteiger partial charge in [-0.1, -0.05) is 0 Å². The third kappa shape index (κ3) is 5.12. The molecule has 0 fully saturated rings. The van der Waals surface area contributed by atoms with Crippen molar-refractivity contribution in [1.29, 1.82) is 0 Å². The normalized spacial score (nSPS) is 17.1. The molecule has 4 nitrogen and oxygen atoms in total. The van der Waals surface area contributed by atoms with Crippen molar-refractivity contribution in [3.05, 3.63) is 0 Å². The number of hydrogen-bond donors (Lipinski definition) is 2. The number of guanidine groups is 1. The first kappa shape index (κ1) is 11.4. The van der Waals surface area contributed by atoms with Crippen molar-refractivity contribution in [2.75, 3.05) is 19.3 Å². The lowest BCUT2D eigenvalue weighted by Gasteiger charge is -2.05. The molecule has 0 aromatic carbocycles. The summed E-state index contributed by atoms with van der Waals surface area (Å²) >= 11 is 0. The first-order valence-corrected chi connectivity index (χ1v) is 5.56. The molecule has 0 aliphatic heterocycles. The van der Waals surface area contributed by atoms with E-state index in [1.807, 2.05) is 13.8 Å². The highest BCUT2D eigenvalue weighted by molar-refractivity contribution is 7.84. The van der Waals surface area contributed by atoms with Crippen molar-refractivity contribution in [2.45, 2.75) is 19.1 Å². The van der Waals surface area contributed by atoms with Gasteiger partial charge in [0.1, 0.15) is 0 Å². The lowest BCUT2D eigenvalue weighted by molar-refractivity contribution is 0.677. The van der Waals surface area contributed by atoms with Crippen LogP contribution in [0.2, 0.25) is 0 Å². The van der Waals surface area contributed by atoms with Gasteiger partial charge in [-0.15, -0.1) is 0 Å². The van der Waals surface area contributed by atoms with Gasteiger partial charge in [-0.3, -0.25) is 9.20 Å². The maximum Gasteiger partial charge on any atom is 0.188 e. The summed E-state index contributed by atoms with van der Waals surface area (Å²) in [6.07, 6.45) is 1.67. The molecule has 0 heterocycles. The Hall–Kier alpha value is -0.580. The largest absolute Gasteiger partial charge is 0.370 e. The molecule has 12 heavy (non-hydrogen) atoms. The van der Waals surface area contributed by atoms with E-state index in [4.69, 9.17) is 5.73 Å². The Bertz CT molecular complexity index is 181. The first-order valence-electron chi connectivity index (χ1n) is 3.94. The van der Waals surface area contributed by atoms with Gasteiger partial charge in [0.2, 0.25) is 0 Å². The number of aliphatic imine (C=N–C) groups is 1. The number of nitrogens with one attached hydrogen (secondary N) is 1. The molecular weight excluding hydrogens is 174 g/mol. The minimum absolute atomic E-state index is 0.0715. The summed E-state index contributed by atoms with van der Waals surface area (Å²) < 4.78 is 10.9. The van der Waals surface area contributed by atoms with Crippen LogP contribution < -0.4 is 11.1 Å². The van der Waals surface area contributed by atoms with Gasteiger partial charge >= 0.3 is 0 Å². The van der Waals surface area contributed by atoms with Gasteiger partial charge in [0.15, 0.2) is 5.96 Å². The van der Waals surface area contributed by atoms with Crippen molar-refractivity contribution in [1.82, 2.24) is 5.32 Å². The molecule has 0 aliphatic rings. The zero-order valence-electron chi connectivity index (χ0n) is 7.83. The topological polar surface area (TPSA) is 67.5 Å². The van der Waals surface area contributed by atoms with E-state index in [1.165, 1.54) is 0 Å². The zero-order chi connectivity index (χ0) is 9.56. The second kappa shape index (κ2) is 5.99. The van der Waals surface area contributed by atoms with Crippen LogP contribution in [0.3, 0.4) is 0 Å². The maximum absolute atomic E-state index is 10.9. The van der Waals surface area contributed by atoms with E-state index >= 15 is 0 Å². The van der Waals surface area contributed by atoms with Gasteiger partial charge in [-0.2, -0.15) is 0 Å². The second-order valence-corrected chi connectivity index (χ2v) is 4.37. The summed E-state index contributed by atoms with van der Waals surface area (Å²) in [5.74, 6) is 0.426. The Kier molecular flexibility index (Phi) is 5.70. The van der Waals surface area contributed by atoms with Crippen LogP contribution in [-0.4, -0.2) is 34.8 Å². The van der Waals surface area contributed by atoms with E-state index in [1.54, 1.807) is 6.26 Å². The SMILES string of the molecule is CCNC(N)=NCC(C)S(C)=O. The third-order valence-electron chi connectivity index (χ3n) is 1.44. The van der Waals surface area contributed by atoms with Crippen LogP contribution in [0.1, 0.15) is 13.8 Å². The lowest BCUT2D eigenvalue weighted by Crippen LogP contribution is -2.32. The summed E-state index contributed by atoms with van der Waals surface area (Å²) in [5, 5.41) is 2.94. The molecule has 0 saturated heterocycles. The fourth-order valence-corrected chi connectivity index (χ4v) is 0.853. The molecule has 0 radical (unpaired) electrons. The fraction of sp³-hybridized carbons (Fsp3) is 0.857. The molecule has 2 atom stereocenters. The van der Waals surface area contributed by atoms with Crippen LogP contribution in [-0.2, 0) is 10.8 Å². The van der Waals surface area contributed by atoms with E-state index in [2.05, 4.69) is 10.3 Å². The van der Waals surface area contributed by atoms with E-state index in [-0.39, 0.29) is 5.25 Å². The molecule has 0 saturated carbocycles. The van der Waals surface area contributed by atoms with E-state index in [0.717, 1.165) is 6.54 Å². The zero-order valence-corrected chi connectivity index (χ0v) is 8.65. The van der Waals surface area contributed by atoms with Crippen LogP contribution in [0, 0.1) is 0 Å². The molecule has 5 heteroatoms. The molecule has 0 aliphatic carbocycles. The summed E-state index contributed by atoms with van der Waals surface area (Å²) in [5.41, 5.74) is 5.47. The quantitative estimate of drug-likeness (QED) is 0.472. The highest BCUT2D eigenvalue weighted by Gasteiger charge is 2.03. The van der Waals surface area contributed by atoms with Crippen molar-refractivity contribution in [3.63, 3.8) is 0 Å². The van der Waals surface area contributed by atoms with Crippen LogP contribution in [0.5, 0.6) is 0 Å². The van der Waals surface area contributed by atoms with Gasteiger partial charge in [-0.25, -0.2) is 0 Å². The second-order valence-electron chi connectivity index (χ2n) is 2.57. The van der Waals surface area contributed by atoms with E-state index in [0.29, 0.717) is 12.5 Å². The lowest BCUT2D eigenvalue weighted by atomic mass is 10.5. The molecule has 0 amide bonds. The first-order chi connectivity index (χ1) is 5.57. The molecule has 0 spiro atoms. The van der Waals surface area contributed by atoms with Gasteiger partial charge < -0.3 is 11.1 Å². The smallest absolute Gasteiger partial charge is 0.188 e. The van der Waals surface area contributed by atoms with Gasteiger partial charge in [0.25, 0.3) is 0 Å². The van der Waals surface area contributed by atoms with E-state index < -0.39 is 10.8 Å². The van der Waals surface area contributed by atoms with Crippen LogP contribution in [0.25, 0.3) is 0 Å². The van der Waals surface area contributed by atoms with Gasteiger partial charge in [0.05, 0.1) is 11.8 Å². The summed E-state index contributed by atoms with van der Waals surface area (Å²) in [7, 11) is -0.821. The number of nitrogens with zero attached hydrogens (tertiary/aromatic N) is 1. The highest BCUT2D eigenvalue weighted by atomic mass is 32.2. The Morgan fingerprint density at radius 3 is 2.75 bits per heavy atom.